The van der Waals surface area contributed by atoms with E-state index < -0.39 is 0 Å². The van der Waals surface area contributed by atoms with E-state index in [1.54, 1.807) is 0 Å². The number of ether oxygens (including phenoxy) is 1. The second kappa shape index (κ2) is 8.08. The molecule has 0 radical (unpaired) electrons. The Hall–Kier alpha value is -1.31. The summed E-state index contributed by atoms with van der Waals surface area (Å²) in [7, 11) is 0. The van der Waals surface area contributed by atoms with Crippen molar-refractivity contribution in [3.05, 3.63) is 29.8 Å². The van der Waals surface area contributed by atoms with E-state index >= 15 is 0 Å². The summed E-state index contributed by atoms with van der Waals surface area (Å²) in [6.45, 7) is 2.91. The van der Waals surface area contributed by atoms with E-state index in [0.717, 1.165) is 37.2 Å². The Kier molecular flexibility index (Phi) is 6.10. The maximum atomic E-state index is 12.2. The number of hydrogen-bond acceptors (Lipinski definition) is 2. The van der Waals surface area contributed by atoms with Crippen LogP contribution in [0.3, 0.4) is 0 Å². The number of ketones is 1. The first-order chi connectivity index (χ1) is 9.79. The third kappa shape index (κ3) is 4.66. The average molecular weight is 274 g/mol. The van der Waals surface area contributed by atoms with Crippen molar-refractivity contribution in [3.8, 4) is 5.75 Å². The summed E-state index contributed by atoms with van der Waals surface area (Å²) in [5.41, 5.74) is 0.832. The molecule has 0 saturated heterocycles. The van der Waals surface area contributed by atoms with Gasteiger partial charge in [-0.2, -0.15) is 0 Å². The van der Waals surface area contributed by atoms with Crippen molar-refractivity contribution in [1.29, 1.82) is 0 Å². The molecule has 1 fully saturated rings. The van der Waals surface area contributed by atoms with Gasteiger partial charge in [-0.3, -0.25) is 4.79 Å². The van der Waals surface area contributed by atoms with Gasteiger partial charge in [-0.1, -0.05) is 45.4 Å². The molecule has 0 atom stereocenters. The number of carbonyl (C=O) groups is 1. The Morgan fingerprint density at radius 3 is 2.50 bits per heavy atom. The van der Waals surface area contributed by atoms with Crippen LogP contribution in [0.25, 0.3) is 0 Å². The molecule has 0 heterocycles. The van der Waals surface area contributed by atoms with Gasteiger partial charge in [0.25, 0.3) is 0 Å². The molecule has 0 amide bonds. The van der Waals surface area contributed by atoms with E-state index in [1.807, 2.05) is 24.3 Å². The number of unbranched alkanes of at least 4 members (excludes halogenated alkanes) is 1. The number of hydrogen-bond donors (Lipinski definition) is 0. The van der Waals surface area contributed by atoms with E-state index in [0.29, 0.717) is 5.92 Å². The summed E-state index contributed by atoms with van der Waals surface area (Å²) in [5, 5.41) is 0. The van der Waals surface area contributed by atoms with Crippen molar-refractivity contribution in [1.82, 2.24) is 0 Å². The van der Waals surface area contributed by atoms with Crippen LogP contribution in [0.15, 0.2) is 24.3 Å². The molecule has 110 valence electrons. The van der Waals surface area contributed by atoms with Crippen LogP contribution in [0.2, 0.25) is 0 Å². The van der Waals surface area contributed by atoms with Crippen LogP contribution in [0.4, 0.5) is 0 Å². The molecule has 0 unspecified atom stereocenters. The third-order valence-electron chi connectivity index (χ3n) is 4.14. The van der Waals surface area contributed by atoms with Gasteiger partial charge in [0, 0.05) is 12.0 Å². The van der Waals surface area contributed by atoms with Gasteiger partial charge in [0.15, 0.2) is 5.78 Å². The van der Waals surface area contributed by atoms with Crippen LogP contribution in [-0.2, 0) is 0 Å². The zero-order chi connectivity index (χ0) is 14.2. The third-order valence-corrected chi connectivity index (χ3v) is 4.14. The molecule has 0 spiro atoms. The number of Topliss-reactive ketones (excluding diaryl/α,β-unsaturated/α-hetero) is 1. The van der Waals surface area contributed by atoms with Crippen LogP contribution < -0.4 is 4.74 Å². The SMILES string of the molecule is CCCCOc1ccc(C(=O)CC2CCCCC2)cc1. The summed E-state index contributed by atoms with van der Waals surface area (Å²) >= 11 is 0. The highest BCUT2D eigenvalue weighted by atomic mass is 16.5. The van der Waals surface area contributed by atoms with E-state index in [4.69, 9.17) is 4.74 Å². The van der Waals surface area contributed by atoms with Gasteiger partial charge in [-0.25, -0.2) is 0 Å². The van der Waals surface area contributed by atoms with Crippen molar-refractivity contribution in [2.75, 3.05) is 6.61 Å². The van der Waals surface area contributed by atoms with Crippen LogP contribution in [0.1, 0.15) is 68.6 Å². The topological polar surface area (TPSA) is 26.3 Å². The fourth-order valence-electron chi connectivity index (χ4n) is 2.84. The Balaban J connectivity index is 1.83. The van der Waals surface area contributed by atoms with E-state index in [1.165, 1.54) is 32.1 Å². The largest absolute Gasteiger partial charge is 0.494 e. The van der Waals surface area contributed by atoms with Gasteiger partial charge in [-0.15, -0.1) is 0 Å². The van der Waals surface area contributed by atoms with Crippen molar-refractivity contribution in [2.24, 2.45) is 5.92 Å². The van der Waals surface area contributed by atoms with Crippen molar-refractivity contribution in [3.63, 3.8) is 0 Å². The van der Waals surface area contributed by atoms with E-state index in [2.05, 4.69) is 6.92 Å². The second-order valence-corrected chi connectivity index (χ2v) is 5.86. The molecule has 2 heteroatoms. The zero-order valence-electron chi connectivity index (χ0n) is 12.6. The lowest BCUT2D eigenvalue weighted by Crippen LogP contribution is -2.12. The van der Waals surface area contributed by atoms with E-state index in [-0.39, 0.29) is 5.78 Å². The van der Waals surface area contributed by atoms with Crippen LogP contribution >= 0.6 is 0 Å². The summed E-state index contributed by atoms with van der Waals surface area (Å²) in [4.78, 5) is 12.2. The van der Waals surface area contributed by atoms with Crippen molar-refractivity contribution >= 4 is 5.78 Å². The first-order valence-corrected chi connectivity index (χ1v) is 8.05. The maximum absolute atomic E-state index is 12.2. The molecule has 0 bridgehead atoms. The predicted octanol–water partition coefficient (Wildman–Crippen LogP) is 5.02. The highest BCUT2D eigenvalue weighted by Crippen LogP contribution is 2.27. The molecule has 0 aliphatic heterocycles. The highest BCUT2D eigenvalue weighted by Gasteiger charge is 2.17. The quantitative estimate of drug-likeness (QED) is 0.515. The summed E-state index contributed by atoms with van der Waals surface area (Å²) in [6, 6.07) is 7.66. The molecule has 1 aromatic carbocycles. The molecule has 1 aliphatic carbocycles. The molecule has 1 aliphatic rings. The normalized spacial score (nSPS) is 16.1. The van der Waals surface area contributed by atoms with Gasteiger partial charge in [0.1, 0.15) is 5.75 Å². The van der Waals surface area contributed by atoms with E-state index in [9.17, 15) is 4.79 Å². The molecule has 1 aromatic rings. The standard InChI is InChI=1S/C18H26O2/c1-2-3-13-20-17-11-9-16(10-12-17)18(19)14-15-7-5-4-6-8-15/h9-12,15H,2-8,13-14H2,1H3. The Morgan fingerprint density at radius 1 is 1.15 bits per heavy atom. The van der Waals surface area contributed by atoms with Crippen LogP contribution in [-0.4, -0.2) is 12.4 Å². The molecule has 20 heavy (non-hydrogen) atoms. The lowest BCUT2D eigenvalue weighted by atomic mass is 9.85. The second-order valence-electron chi connectivity index (χ2n) is 5.86. The molecule has 0 aromatic heterocycles. The molecule has 2 nitrogen and oxygen atoms in total. The molecule has 2 rings (SSSR count). The molecule has 1 saturated carbocycles. The number of benzene rings is 1. The first kappa shape index (κ1) is 15.1. The number of rotatable bonds is 7. The molecule has 0 N–H and O–H groups in total. The fraction of sp³-hybridized carbons (Fsp3) is 0.611. The Labute approximate surface area is 122 Å². The smallest absolute Gasteiger partial charge is 0.163 e. The van der Waals surface area contributed by atoms with Crippen molar-refractivity contribution in [2.45, 2.75) is 58.3 Å². The minimum Gasteiger partial charge on any atom is -0.494 e. The average Bonchev–Trinajstić information content (AvgIpc) is 2.49. The van der Waals surface area contributed by atoms with Gasteiger partial charge in [0.2, 0.25) is 0 Å². The lowest BCUT2D eigenvalue weighted by molar-refractivity contribution is 0.0950. The first-order valence-electron chi connectivity index (χ1n) is 8.05. The Morgan fingerprint density at radius 2 is 1.85 bits per heavy atom. The lowest BCUT2D eigenvalue weighted by Gasteiger charge is -2.20. The predicted molar refractivity (Wildman–Crippen MR) is 82.4 cm³/mol. The van der Waals surface area contributed by atoms with Crippen LogP contribution in [0.5, 0.6) is 5.75 Å². The molecular formula is C18H26O2. The van der Waals surface area contributed by atoms with Gasteiger partial charge >= 0.3 is 0 Å². The van der Waals surface area contributed by atoms with Crippen molar-refractivity contribution < 1.29 is 9.53 Å². The fourth-order valence-corrected chi connectivity index (χ4v) is 2.84. The highest BCUT2D eigenvalue weighted by molar-refractivity contribution is 5.96. The maximum Gasteiger partial charge on any atom is 0.163 e. The summed E-state index contributed by atoms with van der Waals surface area (Å²) in [6.07, 6.45) is 9.31. The Bertz CT molecular complexity index is 402. The minimum atomic E-state index is 0.289. The molecular weight excluding hydrogens is 248 g/mol. The summed E-state index contributed by atoms with van der Waals surface area (Å²) < 4.78 is 5.62. The number of carbonyl (C=O) groups excluding carboxylic acids is 1. The van der Waals surface area contributed by atoms with Gasteiger partial charge < -0.3 is 4.74 Å². The summed E-state index contributed by atoms with van der Waals surface area (Å²) in [5.74, 6) is 1.77. The zero-order valence-corrected chi connectivity index (χ0v) is 12.6. The monoisotopic (exact) mass is 274 g/mol. The van der Waals surface area contributed by atoms with Gasteiger partial charge in [-0.05, 0) is 36.6 Å². The minimum absolute atomic E-state index is 0.289. The van der Waals surface area contributed by atoms with Gasteiger partial charge in [0.05, 0.1) is 6.61 Å². The van der Waals surface area contributed by atoms with Crippen LogP contribution in [0, 0.1) is 5.92 Å².